The summed E-state index contributed by atoms with van der Waals surface area (Å²) < 4.78 is 13.0. The normalized spacial score (nSPS) is 11.4. The van der Waals surface area contributed by atoms with Crippen molar-refractivity contribution in [2.24, 2.45) is 0 Å². The molecule has 8 aromatic carbocycles. The van der Waals surface area contributed by atoms with E-state index in [-0.39, 0.29) is 0 Å². The third-order valence-corrected chi connectivity index (χ3v) is 9.92. The van der Waals surface area contributed by atoms with Crippen LogP contribution in [-0.2, 0) is 0 Å². The minimum atomic E-state index is 0.599. The molecule has 4 nitrogen and oxygen atoms in total. The molecule has 10 rings (SSSR count). The van der Waals surface area contributed by atoms with Gasteiger partial charge in [-0.15, -0.1) is 0 Å². The van der Waals surface area contributed by atoms with Crippen molar-refractivity contribution in [1.29, 1.82) is 0 Å². The van der Waals surface area contributed by atoms with Gasteiger partial charge in [-0.3, -0.25) is 0 Å². The second-order valence-electron chi connectivity index (χ2n) is 13.1. The fraction of sp³-hybridized carbons (Fsp3) is 0. The number of para-hydroxylation sites is 2. The monoisotopic (exact) mass is 680 g/mol. The highest BCUT2D eigenvalue weighted by atomic mass is 16.4. The molecule has 0 radical (unpaired) electrons. The first-order chi connectivity index (χ1) is 26.3. The predicted octanol–water partition coefficient (Wildman–Crippen LogP) is 13.9. The first-order valence-electron chi connectivity index (χ1n) is 17.8. The molecule has 0 atom stereocenters. The van der Waals surface area contributed by atoms with Crippen molar-refractivity contribution in [1.82, 2.24) is 4.98 Å². The summed E-state index contributed by atoms with van der Waals surface area (Å²) in [6.45, 7) is 0. The van der Waals surface area contributed by atoms with E-state index in [1.807, 2.05) is 42.5 Å². The van der Waals surface area contributed by atoms with Crippen LogP contribution in [0, 0.1) is 0 Å². The van der Waals surface area contributed by atoms with E-state index in [2.05, 4.69) is 157 Å². The minimum absolute atomic E-state index is 0.599. The van der Waals surface area contributed by atoms with Crippen molar-refractivity contribution in [3.05, 3.63) is 194 Å². The number of aromatic nitrogens is 1. The van der Waals surface area contributed by atoms with Crippen LogP contribution in [0.15, 0.2) is 203 Å². The van der Waals surface area contributed by atoms with Crippen molar-refractivity contribution in [2.45, 2.75) is 0 Å². The number of nitrogens with zero attached hydrogens (tertiary/aromatic N) is 2. The zero-order valence-corrected chi connectivity index (χ0v) is 28.7. The molecule has 250 valence electrons. The summed E-state index contributed by atoms with van der Waals surface area (Å²) >= 11 is 0. The maximum atomic E-state index is 6.59. The van der Waals surface area contributed by atoms with Gasteiger partial charge >= 0.3 is 0 Å². The Hall–Kier alpha value is -7.17. The Labute approximate surface area is 306 Å². The second-order valence-corrected chi connectivity index (χ2v) is 13.1. The first kappa shape index (κ1) is 30.6. The van der Waals surface area contributed by atoms with Gasteiger partial charge < -0.3 is 13.7 Å². The largest absolute Gasteiger partial charge is 0.455 e. The number of hydrogen-bond acceptors (Lipinski definition) is 4. The third kappa shape index (κ3) is 5.45. The number of oxazole rings is 1. The highest BCUT2D eigenvalue weighted by Crippen LogP contribution is 2.44. The van der Waals surface area contributed by atoms with Gasteiger partial charge in [-0.2, -0.15) is 0 Å². The van der Waals surface area contributed by atoms with Gasteiger partial charge in [0.2, 0.25) is 5.89 Å². The Kier molecular flexibility index (Phi) is 7.43. The zero-order chi connectivity index (χ0) is 35.1. The lowest BCUT2D eigenvalue weighted by Gasteiger charge is -2.28. The van der Waals surface area contributed by atoms with E-state index >= 15 is 0 Å². The number of fused-ring (bicyclic) bond motifs is 5. The predicted molar refractivity (Wildman–Crippen MR) is 218 cm³/mol. The molecule has 0 aliphatic rings. The van der Waals surface area contributed by atoms with Crippen LogP contribution in [0.1, 0.15) is 0 Å². The fourth-order valence-electron chi connectivity index (χ4n) is 7.38. The van der Waals surface area contributed by atoms with Crippen LogP contribution >= 0.6 is 0 Å². The smallest absolute Gasteiger partial charge is 0.227 e. The molecule has 0 spiro atoms. The molecule has 2 heterocycles. The highest BCUT2D eigenvalue weighted by molar-refractivity contribution is 6.18. The van der Waals surface area contributed by atoms with Crippen molar-refractivity contribution in [3.63, 3.8) is 0 Å². The standard InChI is InChI=1S/C49H32N2O2/c1-5-14-33(15-6-1)37-26-30-44(42(32-37)34-16-7-2-8-17-34)51(38-20-11-4-12-21-38)39-27-24-35(25-28-39)40-22-13-23-41-46-45(52-47(40)41)31-29-43-48(46)53-49(50-43)36-18-9-3-10-19-36/h1-32H. The topological polar surface area (TPSA) is 42.4 Å². The number of rotatable bonds is 7. The Bertz CT molecular complexity index is 2860. The molecule has 0 unspecified atom stereocenters. The van der Waals surface area contributed by atoms with Crippen molar-refractivity contribution < 1.29 is 8.83 Å². The Balaban J connectivity index is 1.09. The van der Waals surface area contributed by atoms with Gasteiger partial charge in [0.1, 0.15) is 16.7 Å². The van der Waals surface area contributed by atoms with E-state index in [9.17, 15) is 0 Å². The van der Waals surface area contributed by atoms with E-state index < -0.39 is 0 Å². The Morgan fingerprint density at radius 1 is 0.396 bits per heavy atom. The van der Waals surface area contributed by atoms with E-state index in [1.165, 1.54) is 11.1 Å². The molecular weight excluding hydrogens is 649 g/mol. The van der Waals surface area contributed by atoms with E-state index in [1.54, 1.807) is 0 Å². The molecule has 0 saturated heterocycles. The van der Waals surface area contributed by atoms with E-state index in [4.69, 9.17) is 13.8 Å². The SMILES string of the molecule is c1ccc(-c2ccc(N(c3ccccc3)c3ccc(-c4cccc5c4oc4ccc6nc(-c7ccccc7)oc6c45)cc3)c(-c3ccccc3)c2)cc1. The molecule has 0 fully saturated rings. The fourth-order valence-corrected chi connectivity index (χ4v) is 7.38. The van der Waals surface area contributed by atoms with Gasteiger partial charge in [0.05, 0.1) is 11.1 Å². The second kappa shape index (κ2) is 12.9. The molecule has 0 N–H and O–H groups in total. The van der Waals surface area contributed by atoms with E-state index in [0.717, 1.165) is 77.9 Å². The van der Waals surface area contributed by atoms with Crippen LogP contribution in [-0.4, -0.2) is 4.98 Å². The van der Waals surface area contributed by atoms with Gasteiger partial charge in [-0.05, 0) is 82.9 Å². The van der Waals surface area contributed by atoms with E-state index in [0.29, 0.717) is 5.89 Å². The average Bonchev–Trinajstić information content (AvgIpc) is 3.85. The zero-order valence-electron chi connectivity index (χ0n) is 28.7. The number of anilines is 3. The maximum Gasteiger partial charge on any atom is 0.227 e. The molecule has 53 heavy (non-hydrogen) atoms. The van der Waals surface area contributed by atoms with Crippen LogP contribution in [0.4, 0.5) is 17.1 Å². The number of furan rings is 1. The molecule has 0 bridgehead atoms. The minimum Gasteiger partial charge on any atom is -0.455 e. The molecule has 2 aromatic heterocycles. The Morgan fingerprint density at radius 3 is 1.72 bits per heavy atom. The lowest BCUT2D eigenvalue weighted by molar-refractivity contribution is 0.622. The molecule has 10 aromatic rings. The van der Waals surface area contributed by atoms with Gasteiger partial charge in [0.25, 0.3) is 0 Å². The molecular formula is C49H32N2O2. The highest BCUT2D eigenvalue weighted by Gasteiger charge is 2.21. The van der Waals surface area contributed by atoms with Gasteiger partial charge in [-0.25, -0.2) is 4.98 Å². The summed E-state index contributed by atoms with van der Waals surface area (Å²) in [6, 6.07) is 67.6. The van der Waals surface area contributed by atoms with Crippen LogP contribution in [0.25, 0.3) is 77.9 Å². The van der Waals surface area contributed by atoms with Crippen LogP contribution in [0.5, 0.6) is 0 Å². The van der Waals surface area contributed by atoms with Crippen LogP contribution < -0.4 is 4.90 Å². The van der Waals surface area contributed by atoms with Crippen molar-refractivity contribution >= 4 is 50.1 Å². The quantitative estimate of drug-likeness (QED) is 0.168. The summed E-state index contributed by atoms with van der Waals surface area (Å²) in [7, 11) is 0. The molecule has 0 aliphatic carbocycles. The molecule has 4 heteroatoms. The number of benzene rings is 8. The lowest BCUT2D eigenvalue weighted by atomic mass is 9.96. The van der Waals surface area contributed by atoms with Crippen molar-refractivity contribution in [3.8, 4) is 44.8 Å². The van der Waals surface area contributed by atoms with Crippen molar-refractivity contribution in [2.75, 3.05) is 4.90 Å². The lowest BCUT2D eigenvalue weighted by Crippen LogP contribution is -2.11. The van der Waals surface area contributed by atoms with Crippen LogP contribution in [0.3, 0.4) is 0 Å². The molecule has 0 amide bonds. The molecule has 0 aliphatic heterocycles. The summed E-state index contributed by atoms with van der Waals surface area (Å²) in [5.74, 6) is 0.599. The van der Waals surface area contributed by atoms with Crippen LogP contribution in [0.2, 0.25) is 0 Å². The van der Waals surface area contributed by atoms with Gasteiger partial charge in [0.15, 0.2) is 5.58 Å². The summed E-state index contributed by atoms with van der Waals surface area (Å²) in [6.07, 6.45) is 0. The first-order valence-corrected chi connectivity index (χ1v) is 17.8. The number of hydrogen-bond donors (Lipinski definition) is 0. The third-order valence-electron chi connectivity index (χ3n) is 9.92. The Morgan fingerprint density at radius 2 is 1.00 bits per heavy atom. The summed E-state index contributed by atoms with van der Waals surface area (Å²) in [4.78, 5) is 7.15. The molecule has 0 saturated carbocycles. The summed E-state index contributed by atoms with van der Waals surface area (Å²) in [5.41, 5.74) is 14.1. The van der Waals surface area contributed by atoms with Gasteiger partial charge in [-0.1, -0.05) is 133 Å². The maximum absolute atomic E-state index is 6.59. The average molecular weight is 681 g/mol. The summed E-state index contributed by atoms with van der Waals surface area (Å²) in [5, 5.41) is 1.94. The van der Waals surface area contributed by atoms with Gasteiger partial charge in [0, 0.05) is 33.5 Å².